The van der Waals surface area contributed by atoms with E-state index in [1.807, 2.05) is 0 Å². The fourth-order valence-electron chi connectivity index (χ4n) is 2.01. The number of hydrogen-bond donors (Lipinski definition) is 0. The smallest absolute Gasteiger partial charge is 0.0190 e. The molecule has 0 aliphatic heterocycles. The molecule has 0 saturated carbocycles. The van der Waals surface area contributed by atoms with Crippen molar-refractivity contribution >= 4 is 0 Å². The zero-order chi connectivity index (χ0) is 12.4. The largest absolute Gasteiger partial charge is 0.299 e. The Hall–Kier alpha value is -0.300. The van der Waals surface area contributed by atoms with Gasteiger partial charge in [0.05, 0.1) is 0 Å². The van der Waals surface area contributed by atoms with Gasteiger partial charge in [0.15, 0.2) is 0 Å². The molecule has 0 saturated heterocycles. The Labute approximate surface area is 103 Å². The van der Waals surface area contributed by atoms with Crippen LogP contribution in [0.3, 0.4) is 0 Å². The molecule has 0 aliphatic rings. The Morgan fingerprint density at radius 1 is 1.19 bits per heavy atom. The molecule has 0 bridgehead atoms. The van der Waals surface area contributed by atoms with E-state index in [1.165, 1.54) is 37.8 Å². The van der Waals surface area contributed by atoms with E-state index in [2.05, 4.69) is 39.2 Å². The lowest BCUT2D eigenvalue weighted by Crippen LogP contribution is -2.30. The molecule has 0 aromatic carbocycles. The van der Waals surface area contributed by atoms with Crippen molar-refractivity contribution in [3.05, 3.63) is 12.2 Å². The Morgan fingerprint density at radius 3 is 2.38 bits per heavy atom. The summed E-state index contributed by atoms with van der Waals surface area (Å²) in [6.45, 7) is 16.7. The molecule has 0 aromatic heterocycles. The molecule has 1 heteroatoms. The fraction of sp³-hybridized carbons (Fsp3) is 0.867. The van der Waals surface area contributed by atoms with Gasteiger partial charge in [0.2, 0.25) is 0 Å². The first-order chi connectivity index (χ1) is 7.63. The summed E-state index contributed by atoms with van der Waals surface area (Å²) in [5.41, 5.74) is 1.36. The van der Waals surface area contributed by atoms with E-state index >= 15 is 0 Å². The highest BCUT2D eigenvalue weighted by Gasteiger charge is 2.09. The molecular weight excluding hydrogens is 194 g/mol. The maximum atomic E-state index is 4.10. The van der Waals surface area contributed by atoms with Crippen molar-refractivity contribution in [2.75, 3.05) is 19.6 Å². The Kier molecular flexibility index (Phi) is 9.71. The molecule has 0 radical (unpaired) electrons. The van der Waals surface area contributed by atoms with Gasteiger partial charge in [-0.05, 0) is 25.3 Å². The third-order valence-electron chi connectivity index (χ3n) is 3.26. The lowest BCUT2D eigenvalue weighted by atomic mass is 10.0. The fourth-order valence-corrected chi connectivity index (χ4v) is 2.01. The van der Waals surface area contributed by atoms with Crippen LogP contribution >= 0.6 is 0 Å². The van der Waals surface area contributed by atoms with E-state index in [-0.39, 0.29) is 0 Å². The molecule has 1 atom stereocenters. The molecular formula is C15H31N. The highest BCUT2D eigenvalue weighted by molar-refractivity contribution is 4.95. The van der Waals surface area contributed by atoms with E-state index in [0.29, 0.717) is 0 Å². The average molecular weight is 225 g/mol. The lowest BCUT2D eigenvalue weighted by Gasteiger charge is -2.25. The predicted molar refractivity (Wildman–Crippen MR) is 74.9 cm³/mol. The number of rotatable bonds is 10. The number of likely N-dealkylation sites (N-methyl/N-ethyl adjacent to an activating group) is 1. The van der Waals surface area contributed by atoms with Gasteiger partial charge in [0, 0.05) is 13.1 Å². The van der Waals surface area contributed by atoms with Gasteiger partial charge in [-0.25, -0.2) is 0 Å². The minimum absolute atomic E-state index is 0.830. The molecule has 1 unspecified atom stereocenters. The summed E-state index contributed by atoms with van der Waals surface area (Å²) in [5.74, 6) is 0.830. The first kappa shape index (κ1) is 15.7. The summed E-state index contributed by atoms with van der Waals surface area (Å²) in [4.78, 5) is 2.53. The van der Waals surface area contributed by atoms with E-state index in [9.17, 15) is 0 Å². The van der Waals surface area contributed by atoms with Crippen molar-refractivity contribution in [3.63, 3.8) is 0 Å². The van der Waals surface area contributed by atoms with Crippen LogP contribution in [0.1, 0.15) is 59.8 Å². The summed E-state index contributed by atoms with van der Waals surface area (Å²) in [6, 6.07) is 0. The second-order valence-corrected chi connectivity index (χ2v) is 5.03. The molecule has 0 spiro atoms. The van der Waals surface area contributed by atoms with Crippen LogP contribution in [0.15, 0.2) is 12.2 Å². The van der Waals surface area contributed by atoms with Crippen LogP contribution < -0.4 is 0 Å². The molecule has 16 heavy (non-hydrogen) atoms. The Bertz CT molecular complexity index is 174. The van der Waals surface area contributed by atoms with Gasteiger partial charge in [-0.3, -0.25) is 4.90 Å². The van der Waals surface area contributed by atoms with E-state index in [4.69, 9.17) is 0 Å². The van der Waals surface area contributed by atoms with Crippen LogP contribution in [0, 0.1) is 5.92 Å². The third-order valence-corrected chi connectivity index (χ3v) is 3.26. The quantitative estimate of drug-likeness (QED) is 0.391. The summed E-state index contributed by atoms with van der Waals surface area (Å²) in [7, 11) is 0. The van der Waals surface area contributed by atoms with Gasteiger partial charge >= 0.3 is 0 Å². The Morgan fingerprint density at radius 2 is 1.88 bits per heavy atom. The van der Waals surface area contributed by atoms with Gasteiger partial charge in [0.1, 0.15) is 0 Å². The van der Waals surface area contributed by atoms with Crippen molar-refractivity contribution in [1.82, 2.24) is 4.90 Å². The summed E-state index contributed by atoms with van der Waals surface area (Å²) in [5, 5.41) is 0. The second-order valence-electron chi connectivity index (χ2n) is 5.03. The topological polar surface area (TPSA) is 3.24 Å². The van der Waals surface area contributed by atoms with Gasteiger partial charge in [0.25, 0.3) is 0 Å². The monoisotopic (exact) mass is 225 g/mol. The molecule has 0 aliphatic carbocycles. The minimum atomic E-state index is 0.830. The average Bonchev–Trinajstić information content (AvgIpc) is 2.28. The van der Waals surface area contributed by atoms with Crippen LogP contribution in [0.4, 0.5) is 0 Å². The normalized spacial score (nSPS) is 13.1. The van der Waals surface area contributed by atoms with Gasteiger partial charge in [-0.2, -0.15) is 0 Å². The van der Waals surface area contributed by atoms with Crippen molar-refractivity contribution in [3.8, 4) is 0 Å². The molecule has 0 N–H and O–H groups in total. The SMILES string of the molecule is C=C(CC)CN(CC)CC(C)CCCCC. The van der Waals surface area contributed by atoms with Crippen molar-refractivity contribution in [2.24, 2.45) is 5.92 Å². The maximum Gasteiger partial charge on any atom is 0.0190 e. The minimum Gasteiger partial charge on any atom is -0.299 e. The molecule has 96 valence electrons. The van der Waals surface area contributed by atoms with Gasteiger partial charge in [-0.15, -0.1) is 0 Å². The number of unbranched alkanes of at least 4 members (excludes halogenated alkanes) is 2. The maximum absolute atomic E-state index is 4.10. The molecule has 0 fully saturated rings. The first-order valence-electron chi connectivity index (χ1n) is 7.02. The predicted octanol–water partition coefficient (Wildman–Crippen LogP) is 4.49. The van der Waals surface area contributed by atoms with E-state index < -0.39 is 0 Å². The van der Waals surface area contributed by atoms with E-state index in [1.54, 1.807) is 0 Å². The summed E-state index contributed by atoms with van der Waals surface area (Å²) >= 11 is 0. The molecule has 0 aromatic rings. The van der Waals surface area contributed by atoms with Crippen molar-refractivity contribution < 1.29 is 0 Å². The van der Waals surface area contributed by atoms with Crippen LogP contribution in [-0.4, -0.2) is 24.5 Å². The standard InChI is InChI=1S/C15H31N/c1-6-9-10-11-15(5)13-16(8-3)12-14(4)7-2/h15H,4,6-13H2,1-3,5H3. The molecule has 0 heterocycles. The van der Waals surface area contributed by atoms with Crippen LogP contribution in [0.5, 0.6) is 0 Å². The zero-order valence-electron chi connectivity index (χ0n) is 11.9. The van der Waals surface area contributed by atoms with Gasteiger partial charge in [-0.1, -0.05) is 59.1 Å². The highest BCUT2D eigenvalue weighted by Crippen LogP contribution is 2.12. The highest BCUT2D eigenvalue weighted by atomic mass is 15.1. The van der Waals surface area contributed by atoms with Crippen molar-refractivity contribution in [1.29, 1.82) is 0 Å². The molecule has 1 nitrogen and oxygen atoms in total. The number of nitrogens with zero attached hydrogens (tertiary/aromatic N) is 1. The summed E-state index contributed by atoms with van der Waals surface area (Å²) in [6.07, 6.45) is 6.60. The zero-order valence-corrected chi connectivity index (χ0v) is 11.9. The third kappa shape index (κ3) is 7.92. The number of hydrogen-bond acceptors (Lipinski definition) is 1. The molecule has 0 amide bonds. The van der Waals surface area contributed by atoms with E-state index in [0.717, 1.165) is 25.4 Å². The van der Waals surface area contributed by atoms with Crippen molar-refractivity contribution in [2.45, 2.75) is 59.8 Å². The van der Waals surface area contributed by atoms with Gasteiger partial charge < -0.3 is 0 Å². The lowest BCUT2D eigenvalue weighted by molar-refractivity contribution is 0.256. The first-order valence-corrected chi connectivity index (χ1v) is 7.02. The van der Waals surface area contributed by atoms with Crippen LogP contribution in [0.25, 0.3) is 0 Å². The molecule has 0 rings (SSSR count). The summed E-state index contributed by atoms with van der Waals surface area (Å²) < 4.78 is 0. The second kappa shape index (κ2) is 9.89. The van der Waals surface area contributed by atoms with Crippen LogP contribution in [0.2, 0.25) is 0 Å². The van der Waals surface area contributed by atoms with Crippen LogP contribution in [-0.2, 0) is 0 Å². The Balaban J connectivity index is 3.78.